The molecule has 4 atom stereocenters. The van der Waals surface area contributed by atoms with Crippen molar-refractivity contribution < 1.29 is 23.8 Å². The maximum absolute atomic E-state index is 11.7. The van der Waals surface area contributed by atoms with Gasteiger partial charge in [0.25, 0.3) is 5.56 Å². The second kappa shape index (κ2) is 6.15. The Labute approximate surface area is 127 Å². The highest BCUT2D eigenvalue weighted by molar-refractivity contribution is 9.10. The first kappa shape index (κ1) is 16.6. The molecule has 0 aliphatic carbocycles. The number of halogens is 1. The van der Waals surface area contributed by atoms with Gasteiger partial charge in [0.15, 0.2) is 0 Å². The number of ether oxygens (including phenoxy) is 1. The van der Waals surface area contributed by atoms with Gasteiger partial charge in [-0.05, 0) is 15.9 Å². The van der Waals surface area contributed by atoms with E-state index in [1.54, 1.807) is 0 Å². The molecule has 0 spiro atoms. The summed E-state index contributed by atoms with van der Waals surface area (Å²) >= 11 is 3.00. The SMILES string of the molecule is CP(=O)(O)OC[C@H]1O[C@@H](n2cc(Br)c(=O)[nH]c2=O)C[C@@H]1O. The summed E-state index contributed by atoms with van der Waals surface area (Å²) in [6, 6.07) is 0. The molecule has 3 N–H and O–H groups in total. The van der Waals surface area contributed by atoms with Gasteiger partial charge in [-0.25, -0.2) is 4.79 Å². The topological polar surface area (TPSA) is 131 Å². The van der Waals surface area contributed by atoms with Crippen molar-refractivity contribution in [1.82, 2.24) is 9.55 Å². The lowest BCUT2D eigenvalue weighted by Gasteiger charge is -2.17. The second-order valence-corrected chi connectivity index (χ2v) is 7.39. The van der Waals surface area contributed by atoms with Crippen molar-refractivity contribution >= 4 is 23.5 Å². The molecule has 2 heterocycles. The summed E-state index contributed by atoms with van der Waals surface area (Å²) < 4.78 is 22.5. The largest absolute Gasteiger partial charge is 0.390 e. The number of aromatic nitrogens is 2. The van der Waals surface area contributed by atoms with E-state index < -0.39 is 37.3 Å². The van der Waals surface area contributed by atoms with E-state index >= 15 is 0 Å². The molecule has 2 rings (SSSR count). The zero-order valence-corrected chi connectivity index (χ0v) is 13.4. The van der Waals surface area contributed by atoms with Crippen LogP contribution >= 0.6 is 23.5 Å². The van der Waals surface area contributed by atoms with E-state index in [0.717, 1.165) is 11.2 Å². The molecule has 11 heteroatoms. The van der Waals surface area contributed by atoms with Gasteiger partial charge in [0.1, 0.15) is 12.3 Å². The van der Waals surface area contributed by atoms with Gasteiger partial charge in [-0.15, -0.1) is 0 Å². The summed E-state index contributed by atoms with van der Waals surface area (Å²) in [6.45, 7) is 0.747. The van der Waals surface area contributed by atoms with E-state index in [9.17, 15) is 19.3 Å². The Balaban J connectivity index is 2.14. The number of hydrogen-bond acceptors (Lipinski definition) is 6. The van der Waals surface area contributed by atoms with Gasteiger partial charge in [0.2, 0.25) is 0 Å². The van der Waals surface area contributed by atoms with Crippen LogP contribution < -0.4 is 11.2 Å². The van der Waals surface area contributed by atoms with Crippen molar-refractivity contribution in [3.05, 3.63) is 31.5 Å². The van der Waals surface area contributed by atoms with Crippen LogP contribution in [-0.4, -0.2) is 45.0 Å². The number of aliphatic hydroxyl groups excluding tert-OH is 1. The Morgan fingerprint density at radius 2 is 2.29 bits per heavy atom. The van der Waals surface area contributed by atoms with Crippen LogP contribution in [-0.2, 0) is 13.8 Å². The van der Waals surface area contributed by atoms with Gasteiger partial charge in [-0.1, -0.05) is 0 Å². The molecule has 1 saturated heterocycles. The maximum Gasteiger partial charge on any atom is 0.330 e. The Bertz CT molecular complexity index is 681. The van der Waals surface area contributed by atoms with Crippen LogP contribution in [0.2, 0.25) is 0 Å². The number of aromatic amines is 1. The normalized spacial score (nSPS) is 28.5. The molecular weight excluding hydrogens is 371 g/mol. The minimum atomic E-state index is -3.67. The molecule has 118 valence electrons. The highest BCUT2D eigenvalue weighted by Gasteiger charge is 2.36. The molecule has 0 saturated carbocycles. The Hall–Kier alpha value is -0.770. The highest BCUT2D eigenvalue weighted by atomic mass is 79.9. The average molecular weight is 385 g/mol. The van der Waals surface area contributed by atoms with Crippen molar-refractivity contribution in [1.29, 1.82) is 0 Å². The summed E-state index contributed by atoms with van der Waals surface area (Å²) in [5, 5.41) is 9.86. The van der Waals surface area contributed by atoms with Crippen LogP contribution in [0.15, 0.2) is 20.3 Å². The van der Waals surface area contributed by atoms with Crippen molar-refractivity contribution in [2.24, 2.45) is 0 Å². The summed E-state index contributed by atoms with van der Waals surface area (Å²) in [5.41, 5.74) is -1.24. The number of H-pyrrole nitrogens is 1. The summed E-state index contributed by atoms with van der Waals surface area (Å²) in [4.78, 5) is 34.1. The van der Waals surface area contributed by atoms with E-state index in [2.05, 4.69) is 20.9 Å². The predicted octanol–water partition coefficient (Wildman–Crippen LogP) is -0.221. The molecular formula is C10H14BrN2O7P. The first-order valence-electron chi connectivity index (χ1n) is 5.96. The molecule has 21 heavy (non-hydrogen) atoms. The Morgan fingerprint density at radius 1 is 1.62 bits per heavy atom. The van der Waals surface area contributed by atoms with Crippen molar-refractivity contribution in [2.75, 3.05) is 13.3 Å². The summed E-state index contributed by atoms with van der Waals surface area (Å²) in [7, 11) is -3.67. The fourth-order valence-corrected chi connectivity index (χ4v) is 2.67. The first-order chi connectivity index (χ1) is 9.67. The first-order valence-corrected chi connectivity index (χ1v) is 8.78. The van der Waals surface area contributed by atoms with Crippen LogP contribution in [0.4, 0.5) is 0 Å². The van der Waals surface area contributed by atoms with E-state index in [4.69, 9.17) is 14.2 Å². The number of nitrogens with zero attached hydrogens (tertiary/aromatic N) is 1. The predicted molar refractivity (Wildman–Crippen MR) is 75.3 cm³/mol. The molecule has 0 radical (unpaired) electrons. The minimum Gasteiger partial charge on any atom is -0.390 e. The van der Waals surface area contributed by atoms with Gasteiger partial charge < -0.3 is 19.3 Å². The number of aliphatic hydroxyl groups is 1. The van der Waals surface area contributed by atoms with Gasteiger partial charge in [-0.2, -0.15) is 0 Å². The molecule has 1 aliphatic heterocycles. The smallest absolute Gasteiger partial charge is 0.330 e. The Kier molecular flexibility index (Phi) is 4.86. The Morgan fingerprint density at radius 3 is 2.90 bits per heavy atom. The van der Waals surface area contributed by atoms with E-state index in [1.165, 1.54) is 6.20 Å². The van der Waals surface area contributed by atoms with Crippen LogP contribution in [0.5, 0.6) is 0 Å². The number of rotatable bonds is 4. The lowest BCUT2D eigenvalue weighted by Crippen LogP contribution is -2.32. The molecule has 0 amide bonds. The maximum atomic E-state index is 11.7. The zero-order valence-electron chi connectivity index (χ0n) is 10.9. The average Bonchev–Trinajstić information content (AvgIpc) is 2.72. The molecule has 0 aromatic carbocycles. The standard InChI is InChI=1S/C10H14BrN2O7P/c1-21(17,18)19-4-7-6(14)2-8(20-7)13-3-5(11)9(15)12-10(13)16/h3,6-8,14H,2,4H2,1H3,(H,17,18)(H,12,15,16)/t6-,7+,8+/m0/s1. The van der Waals surface area contributed by atoms with Crippen molar-refractivity contribution in [2.45, 2.75) is 24.9 Å². The third kappa shape index (κ3) is 4.12. The second-order valence-electron chi connectivity index (χ2n) is 4.67. The molecule has 9 nitrogen and oxygen atoms in total. The lowest BCUT2D eigenvalue weighted by molar-refractivity contribution is -0.0422. The molecule has 0 bridgehead atoms. The molecule has 1 aromatic heterocycles. The molecule has 1 aromatic rings. The molecule has 1 aliphatic rings. The van der Waals surface area contributed by atoms with Crippen LogP contribution in [0.3, 0.4) is 0 Å². The fourth-order valence-electron chi connectivity index (χ4n) is 1.92. The minimum absolute atomic E-state index is 0.0891. The van der Waals surface area contributed by atoms with Gasteiger partial charge in [-0.3, -0.25) is 18.9 Å². The van der Waals surface area contributed by atoms with E-state index in [0.29, 0.717) is 0 Å². The van der Waals surface area contributed by atoms with E-state index in [-0.39, 0.29) is 17.5 Å². The van der Waals surface area contributed by atoms with E-state index in [1.807, 2.05) is 0 Å². The van der Waals surface area contributed by atoms with Gasteiger partial charge in [0, 0.05) is 19.3 Å². The van der Waals surface area contributed by atoms with Crippen LogP contribution in [0.1, 0.15) is 12.6 Å². The van der Waals surface area contributed by atoms with Crippen LogP contribution in [0, 0.1) is 0 Å². The monoisotopic (exact) mass is 384 g/mol. The third-order valence-corrected chi connectivity index (χ3v) is 4.11. The summed E-state index contributed by atoms with van der Waals surface area (Å²) in [6.07, 6.45) is -1.25. The van der Waals surface area contributed by atoms with Gasteiger partial charge in [0.05, 0.1) is 17.2 Å². The van der Waals surface area contributed by atoms with Crippen LogP contribution in [0.25, 0.3) is 0 Å². The molecule has 1 fully saturated rings. The highest BCUT2D eigenvalue weighted by Crippen LogP contribution is 2.38. The summed E-state index contributed by atoms with van der Waals surface area (Å²) in [5.74, 6) is 0. The quantitative estimate of drug-likeness (QED) is 0.611. The molecule has 1 unspecified atom stereocenters. The number of hydrogen-bond donors (Lipinski definition) is 3. The lowest BCUT2D eigenvalue weighted by atomic mass is 10.2. The van der Waals surface area contributed by atoms with Crippen molar-refractivity contribution in [3.63, 3.8) is 0 Å². The zero-order chi connectivity index (χ0) is 15.8. The van der Waals surface area contributed by atoms with Crippen molar-refractivity contribution in [3.8, 4) is 0 Å². The third-order valence-electron chi connectivity index (χ3n) is 2.92. The fraction of sp³-hybridized carbons (Fsp3) is 0.600. The number of nitrogens with one attached hydrogen (secondary N) is 1. The van der Waals surface area contributed by atoms with Gasteiger partial charge >= 0.3 is 13.3 Å².